The molecule has 0 aliphatic rings. The van der Waals surface area contributed by atoms with Crippen molar-refractivity contribution >= 4 is 5.91 Å². The Bertz CT molecular complexity index is 376. The molecule has 0 saturated carbocycles. The van der Waals surface area contributed by atoms with Crippen molar-refractivity contribution < 1.29 is 4.79 Å². The van der Waals surface area contributed by atoms with Crippen LogP contribution in [0.4, 0.5) is 0 Å². The highest BCUT2D eigenvalue weighted by molar-refractivity contribution is 5.94. The largest absolute Gasteiger partial charge is 0.348 e. The number of amides is 1. The lowest BCUT2D eigenvalue weighted by Crippen LogP contribution is -2.24. The SMILES string of the molecule is C=C(C)CNC(=O)c1ccc(C(C)C)cc1. The third kappa shape index (κ3) is 3.54. The van der Waals surface area contributed by atoms with E-state index in [1.54, 1.807) is 0 Å². The van der Waals surface area contributed by atoms with E-state index in [0.29, 0.717) is 18.0 Å². The molecule has 1 aromatic rings. The Morgan fingerprint density at radius 2 is 1.88 bits per heavy atom. The van der Waals surface area contributed by atoms with Crippen molar-refractivity contribution in [1.29, 1.82) is 0 Å². The summed E-state index contributed by atoms with van der Waals surface area (Å²) in [5.74, 6) is 0.450. The fourth-order valence-corrected chi connectivity index (χ4v) is 1.35. The van der Waals surface area contributed by atoms with Crippen LogP contribution in [0.15, 0.2) is 36.4 Å². The van der Waals surface area contributed by atoms with E-state index in [2.05, 4.69) is 25.7 Å². The van der Waals surface area contributed by atoms with E-state index in [-0.39, 0.29) is 5.91 Å². The van der Waals surface area contributed by atoms with Crippen LogP contribution in [0.2, 0.25) is 0 Å². The van der Waals surface area contributed by atoms with Crippen molar-refractivity contribution in [3.05, 3.63) is 47.5 Å². The summed E-state index contributed by atoms with van der Waals surface area (Å²) in [4.78, 5) is 11.7. The Hall–Kier alpha value is -1.57. The average Bonchev–Trinajstić information content (AvgIpc) is 2.26. The van der Waals surface area contributed by atoms with Gasteiger partial charge in [0.15, 0.2) is 0 Å². The van der Waals surface area contributed by atoms with Crippen LogP contribution in [0, 0.1) is 0 Å². The fraction of sp³-hybridized carbons (Fsp3) is 0.357. The van der Waals surface area contributed by atoms with E-state index in [9.17, 15) is 4.79 Å². The first-order valence-electron chi connectivity index (χ1n) is 5.53. The van der Waals surface area contributed by atoms with Gasteiger partial charge in [-0.25, -0.2) is 0 Å². The minimum absolute atomic E-state index is 0.0432. The first-order valence-corrected chi connectivity index (χ1v) is 5.53. The summed E-state index contributed by atoms with van der Waals surface area (Å²) >= 11 is 0. The second-order valence-electron chi connectivity index (χ2n) is 4.42. The zero-order valence-corrected chi connectivity index (χ0v) is 10.2. The molecule has 2 nitrogen and oxygen atoms in total. The summed E-state index contributed by atoms with van der Waals surface area (Å²) in [5.41, 5.74) is 2.90. The summed E-state index contributed by atoms with van der Waals surface area (Å²) in [6, 6.07) is 7.73. The Kier molecular flexibility index (Phi) is 4.29. The van der Waals surface area contributed by atoms with Crippen LogP contribution in [-0.2, 0) is 0 Å². The van der Waals surface area contributed by atoms with Gasteiger partial charge in [-0.15, -0.1) is 0 Å². The van der Waals surface area contributed by atoms with Crippen LogP contribution in [0.25, 0.3) is 0 Å². The molecule has 1 N–H and O–H groups in total. The van der Waals surface area contributed by atoms with Crippen molar-refractivity contribution in [2.75, 3.05) is 6.54 Å². The Morgan fingerprint density at radius 3 is 2.31 bits per heavy atom. The minimum Gasteiger partial charge on any atom is -0.348 e. The maximum Gasteiger partial charge on any atom is 0.251 e. The lowest BCUT2D eigenvalue weighted by Gasteiger charge is -2.07. The van der Waals surface area contributed by atoms with Gasteiger partial charge in [-0.2, -0.15) is 0 Å². The van der Waals surface area contributed by atoms with Crippen molar-refractivity contribution in [3.63, 3.8) is 0 Å². The summed E-state index contributed by atoms with van der Waals surface area (Å²) in [7, 11) is 0. The highest BCUT2D eigenvalue weighted by atomic mass is 16.1. The zero-order chi connectivity index (χ0) is 12.1. The summed E-state index contributed by atoms with van der Waals surface area (Å²) in [6.45, 7) is 10.4. The van der Waals surface area contributed by atoms with Gasteiger partial charge in [-0.05, 0) is 30.5 Å². The molecule has 0 unspecified atom stereocenters. The van der Waals surface area contributed by atoms with E-state index in [1.165, 1.54) is 5.56 Å². The van der Waals surface area contributed by atoms with Gasteiger partial charge in [-0.1, -0.05) is 38.1 Å². The van der Waals surface area contributed by atoms with E-state index >= 15 is 0 Å². The fourth-order valence-electron chi connectivity index (χ4n) is 1.35. The van der Waals surface area contributed by atoms with Crippen LogP contribution in [0.1, 0.15) is 42.6 Å². The second kappa shape index (κ2) is 5.50. The molecule has 1 rings (SSSR count). The van der Waals surface area contributed by atoms with Gasteiger partial charge in [-0.3, -0.25) is 4.79 Å². The molecule has 0 aliphatic heterocycles. The molecule has 86 valence electrons. The van der Waals surface area contributed by atoms with Gasteiger partial charge >= 0.3 is 0 Å². The second-order valence-corrected chi connectivity index (χ2v) is 4.42. The lowest BCUT2D eigenvalue weighted by molar-refractivity contribution is 0.0957. The monoisotopic (exact) mass is 217 g/mol. The summed E-state index contributed by atoms with van der Waals surface area (Å²) in [6.07, 6.45) is 0. The van der Waals surface area contributed by atoms with Crippen LogP contribution in [0.3, 0.4) is 0 Å². The van der Waals surface area contributed by atoms with Crippen molar-refractivity contribution in [2.45, 2.75) is 26.7 Å². The molecule has 0 heterocycles. The van der Waals surface area contributed by atoms with Crippen molar-refractivity contribution in [3.8, 4) is 0 Å². The summed E-state index contributed by atoms with van der Waals surface area (Å²) in [5, 5.41) is 2.81. The van der Waals surface area contributed by atoms with Crippen LogP contribution in [-0.4, -0.2) is 12.5 Å². The Balaban J connectivity index is 2.66. The molecule has 0 aromatic heterocycles. The third-order valence-corrected chi connectivity index (χ3v) is 2.39. The molecule has 1 aromatic carbocycles. The van der Waals surface area contributed by atoms with Gasteiger partial charge in [0.05, 0.1) is 0 Å². The molecule has 0 aliphatic carbocycles. The minimum atomic E-state index is -0.0432. The topological polar surface area (TPSA) is 29.1 Å². The van der Waals surface area contributed by atoms with Crippen LogP contribution < -0.4 is 5.32 Å². The molecule has 0 radical (unpaired) electrons. The molecule has 0 spiro atoms. The van der Waals surface area contributed by atoms with Crippen LogP contribution >= 0.6 is 0 Å². The number of carbonyl (C=O) groups is 1. The molecular formula is C14H19NO. The first-order chi connectivity index (χ1) is 7.50. The van der Waals surface area contributed by atoms with Gasteiger partial charge < -0.3 is 5.32 Å². The lowest BCUT2D eigenvalue weighted by atomic mass is 10.0. The highest BCUT2D eigenvalue weighted by Gasteiger charge is 2.05. The van der Waals surface area contributed by atoms with E-state index in [1.807, 2.05) is 31.2 Å². The molecule has 0 bridgehead atoms. The number of hydrogen-bond donors (Lipinski definition) is 1. The number of hydrogen-bond acceptors (Lipinski definition) is 1. The molecule has 0 atom stereocenters. The van der Waals surface area contributed by atoms with E-state index in [0.717, 1.165) is 5.57 Å². The van der Waals surface area contributed by atoms with E-state index < -0.39 is 0 Å². The van der Waals surface area contributed by atoms with Gasteiger partial charge in [0.25, 0.3) is 5.91 Å². The Labute approximate surface area is 97.4 Å². The van der Waals surface area contributed by atoms with Crippen LogP contribution in [0.5, 0.6) is 0 Å². The quantitative estimate of drug-likeness (QED) is 0.771. The van der Waals surface area contributed by atoms with Gasteiger partial charge in [0, 0.05) is 12.1 Å². The standard InChI is InChI=1S/C14H19NO/c1-10(2)9-15-14(16)13-7-5-12(6-8-13)11(3)4/h5-8,11H,1,9H2,2-4H3,(H,15,16). The number of benzene rings is 1. The van der Waals surface area contributed by atoms with Crippen molar-refractivity contribution in [2.24, 2.45) is 0 Å². The predicted octanol–water partition coefficient (Wildman–Crippen LogP) is 3.12. The average molecular weight is 217 g/mol. The number of rotatable bonds is 4. The molecule has 0 fully saturated rings. The molecule has 2 heteroatoms. The Morgan fingerprint density at radius 1 is 1.31 bits per heavy atom. The third-order valence-electron chi connectivity index (χ3n) is 2.39. The predicted molar refractivity (Wildman–Crippen MR) is 67.7 cm³/mol. The molecular weight excluding hydrogens is 198 g/mol. The maximum absolute atomic E-state index is 11.7. The van der Waals surface area contributed by atoms with Crippen molar-refractivity contribution in [1.82, 2.24) is 5.32 Å². The number of nitrogens with one attached hydrogen (secondary N) is 1. The molecule has 1 amide bonds. The normalized spacial score (nSPS) is 10.2. The number of carbonyl (C=O) groups excluding carboxylic acids is 1. The maximum atomic E-state index is 11.7. The highest BCUT2D eigenvalue weighted by Crippen LogP contribution is 2.14. The van der Waals surface area contributed by atoms with Gasteiger partial charge in [0.2, 0.25) is 0 Å². The molecule has 0 saturated heterocycles. The van der Waals surface area contributed by atoms with Gasteiger partial charge in [0.1, 0.15) is 0 Å². The summed E-state index contributed by atoms with van der Waals surface area (Å²) < 4.78 is 0. The zero-order valence-electron chi connectivity index (χ0n) is 10.2. The van der Waals surface area contributed by atoms with E-state index in [4.69, 9.17) is 0 Å². The molecule has 16 heavy (non-hydrogen) atoms. The first kappa shape index (κ1) is 12.5. The smallest absolute Gasteiger partial charge is 0.251 e.